The average molecular weight is 185 g/mol. The Morgan fingerprint density at radius 3 is 2.62 bits per heavy atom. The number of aliphatic hydroxyl groups excluding tert-OH is 1. The molecule has 0 radical (unpaired) electrons. The van der Waals surface area contributed by atoms with E-state index in [1.807, 2.05) is 11.9 Å². The van der Waals surface area contributed by atoms with Crippen LogP contribution < -0.4 is 0 Å². The monoisotopic (exact) mass is 185 g/mol. The molecule has 0 aromatic heterocycles. The highest BCUT2D eigenvalue weighted by atomic mass is 16.3. The first kappa shape index (κ1) is 10.7. The van der Waals surface area contributed by atoms with Gasteiger partial charge in [-0.25, -0.2) is 0 Å². The van der Waals surface area contributed by atoms with Crippen molar-refractivity contribution in [1.29, 1.82) is 0 Å². The van der Waals surface area contributed by atoms with Crippen molar-refractivity contribution in [2.75, 3.05) is 13.6 Å². The smallest absolute Gasteiger partial charge is 0.143 e. The molecule has 0 aliphatic heterocycles. The summed E-state index contributed by atoms with van der Waals surface area (Å²) in [6.45, 7) is 2.05. The molecule has 0 aromatic carbocycles. The van der Waals surface area contributed by atoms with Gasteiger partial charge in [0.2, 0.25) is 0 Å². The maximum Gasteiger partial charge on any atom is 0.143 e. The molecule has 1 saturated carbocycles. The molecular formula is C10H19NO2. The van der Waals surface area contributed by atoms with Crippen molar-refractivity contribution in [3.8, 4) is 0 Å². The van der Waals surface area contributed by atoms with Crippen molar-refractivity contribution in [2.45, 2.75) is 44.8 Å². The maximum atomic E-state index is 10.9. The second-order valence-electron chi connectivity index (χ2n) is 4.04. The fourth-order valence-corrected chi connectivity index (χ4v) is 2.07. The lowest BCUT2D eigenvalue weighted by Gasteiger charge is -2.34. The average Bonchev–Trinajstić information content (AvgIpc) is 2.03. The first-order valence-corrected chi connectivity index (χ1v) is 4.99. The highest BCUT2D eigenvalue weighted by Crippen LogP contribution is 2.21. The summed E-state index contributed by atoms with van der Waals surface area (Å²) in [7, 11) is 1.92. The Balaban J connectivity index is 2.43. The highest BCUT2D eigenvalue weighted by molar-refractivity contribution is 5.77. The van der Waals surface area contributed by atoms with E-state index in [0.29, 0.717) is 6.54 Å². The van der Waals surface area contributed by atoms with Crippen LogP contribution in [0.4, 0.5) is 0 Å². The van der Waals surface area contributed by atoms with Crippen LogP contribution >= 0.6 is 0 Å². The molecule has 0 aromatic rings. The zero-order chi connectivity index (χ0) is 9.84. The lowest BCUT2D eigenvalue weighted by molar-refractivity contribution is -0.119. The second kappa shape index (κ2) is 4.72. The Hall–Kier alpha value is -0.410. The van der Waals surface area contributed by atoms with Gasteiger partial charge in [-0.05, 0) is 26.8 Å². The molecule has 1 N–H and O–H groups in total. The molecule has 1 aliphatic carbocycles. The quantitative estimate of drug-likeness (QED) is 0.707. The minimum Gasteiger partial charge on any atom is -0.391 e. The van der Waals surface area contributed by atoms with E-state index in [1.165, 1.54) is 6.42 Å². The Morgan fingerprint density at radius 1 is 1.46 bits per heavy atom. The summed E-state index contributed by atoms with van der Waals surface area (Å²) in [6.07, 6.45) is 3.95. The minimum atomic E-state index is -0.238. The van der Waals surface area contributed by atoms with Gasteiger partial charge in [0.1, 0.15) is 5.78 Å². The number of aliphatic hydroxyl groups is 1. The third kappa shape index (κ3) is 3.08. The number of rotatable bonds is 3. The Bertz CT molecular complexity index is 182. The number of nitrogens with zero attached hydrogens (tertiary/aromatic N) is 1. The van der Waals surface area contributed by atoms with Crippen LogP contribution in [0.15, 0.2) is 0 Å². The van der Waals surface area contributed by atoms with Crippen LogP contribution in [0.25, 0.3) is 0 Å². The normalized spacial score (nSPS) is 29.2. The molecule has 2 atom stereocenters. The molecule has 1 rings (SSSR count). The summed E-state index contributed by atoms with van der Waals surface area (Å²) in [5, 5.41) is 9.70. The SMILES string of the molecule is CC(=O)CN(C)C1CCCCC1O. The molecule has 76 valence electrons. The van der Waals surface area contributed by atoms with Crippen LogP contribution in [-0.2, 0) is 4.79 Å². The molecule has 1 aliphatic rings. The topological polar surface area (TPSA) is 40.5 Å². The van der Waals surface area contributed by atoms with E-state index < -0.39 is 0 Å². The Kier molecular flexibility index (Phi) is 3.88. The number of carbonyl (C=O) groups excluding carboxylic acids is 1. The fraction of sp³-hybridized carbons (Fsp3) is 0.900. The van der Waals surface area contributed by atoms with Gasteiger partial charge in [-0.15, -0.1) is 0 Å². The summed E-state index contributed by atoms with van der Waals surface area (Å²) in [5.74, 6) is 0.167. The fourth-order valence-electron chi connectivity index (χ4n) is 2.07. The third-order valence-electron chi connectivity index (χ3n) is 2.73. The van der Waals surface area contributed by atoms with Crippen molar-refractivity contribution in [1.82, 2.24) is 4.90 Å². The number of hydrogen-bond acceptors (Lipinski definition) is 3. The van der Waals surface area contributed by atoms with E-state index in [0.717, 1.165) is 19.3 Å². The molecule has 3 heteroatoms. The van der Waals surface area contributed by atoms with Crippen LogP contribution in [0.5, 0.6) is 0 Å². The molecule has 0 amide bonds. The number of hydrogen-bond donors (Lipinski definition) is 1. The van der Waals surface area contributed by atoms with Crippen LogP contribution in [0, 0.1) is 0 Å². The first-order valence-electron chi connectivity index (χ1n) is 4.99. The number of carbonyl (C=O) groups is 1. The van der Waals surface area contributed by atoms with Crippen LogP contribution in [0.1, 0.15) is 32.6 Å². The van der Waals surface area contributed by atoms with Gasteiger partial charge in [0, 0.05) is 6.04 Å². The predicted molar refractivity (Wildman–Crippen MR) is 51.6 cm³/mol. The number of likely N-dealkylation sites (N-methyl/N-ethyl adjacent to an activating group) is 1. The van der Waals surface area contributed by atoms with E-state index in [-0.39, 0.29) is 17.9 Å². The van der Waals surface area contributed by atoms with Crippen molar-refractivity contribution in [2.24, 2.45) is 0 Å². The minimum absolute atomic E-state index is 0.167. The van der Waals surface area contributed by atoms with Crippen molar-refractivity contribution in [3.05, 3.63) is 0 Å². The lowest BCUT2D eigenvalue weighted by atomic mass is 9.91. The zero-order valence-corrected chi connectivity index (χ0v) is 8.49. The van der Waals surface area contributed by atoms with Gasteiger partial charge in [-0.2, -0.15) is 0 Å². The molecule has 1 fully saturated rings. The summed E-state index contributed by atoms with van der Waals surface area (Å²) in [5.41, 5.74) is 0. The molecule has 0 saturated heterocycles. The molecule has 2 unspecified atom stereocenters. The number of ketones is 1. The van der Waals surface area contributed by atoms with Gasteiger partial charge in [0.15, 0.2) is 0 Å². The summed E-state index contributed by atoms with van der Waals surface area (Å²) in [4.78, 5) is 12.9. The maximum absolute atomic E-state index is 10.9. The Morgan fingerprint density at radius 2 is 2.08 bits per heavy atom. The predicted octanol–water partition coefficient (Wildman–Crippen LogP) is 0.811. The van der Waals surface area contributed by atoms with E-state index in [1.54, 1.807) is 6.92 Å². The zero-order valence-electron chi connectivity index (χ0n) is 8.49. The summed E-state index contributed by atoms with van der Waals surface area (Å²) in [6, 6.07) is 0.192. The summed E-state index contributed by atoms with van der Waals surface area (Å²) < 4.78 is 0. The van der Waals surface area contributed by atoms with E-state index in [2.05, 4.69) is 0 Å². The van der Waals surface area contributed by atoms with Crippen LogP contribution in [-0.4, -0.2) is 41.5 Å². The number of Topliss-reactive ketones (excluding diaryl/α,β-unsaturated/α-hetero) is 1. The summed E-state index contributed by atoms with van der Waals surface area (Å²) >= 11 is 0. The van der Waals surface area contributed by atoms with Gasteiger partial charge < -0.3 is 5.11 Å². The van der Waals surface area contributed by atoms with Gasteiger partial charge in [-0.3, -0.25) is 9.69 Å². The molecule has 0 heterocycles. The standard InChI is InChI=1S/C10H19NO2/c1-8(12)7-11(2)9-5-3-4-6-10(9)13/h9-10,13H,3-7H2,1-2H3. The van der Waals surface area contributed by atoms with Gasteiger partial charge in [0.05, 0.1) is 12.6 Å². The lowest BCUT2D eigenvalue weighted by Crippen LogP contribution is -2.45. The van der Waals surface area contributed by atoms with E-state index in [4.69, 9.17) is 0 Å². The van der Waals surface area contributed by atoms with Crippen LogP contribution in [0.3, 0.4) is 0 Å². The van der Waals surface area contributed by atoms with Crippen molar-refractivity contribution >= 4 is 5.78 Å². The molecule has 3 nitrogen and oxygen atoms in total. The van der Waals surface area contributed by atoms with Gasteiger partial charge in [-0.1, -0.05) is 12.8 Å². The molecule has 0 bridgehead atoms. The Labute approximate surface area is 79.7 Å². The molecular weight excluding hydrogens is 166 g/mol. The molecule has 0 spiro atoms. The second-order valence-corrected chi connectivity index (χ2v) is 4.04. The van der Waals surface area contributed by atoms with Crippen LogP contribution in [0.2, 0.25) is 0 Å². The van der Waals surface area contributed by atoms with E-state index >= 15 is 0 Å². The van der Waals surface area contributed by atoms with Gasteiger partial charge >= 0.3 is 0 Å². The largest absolute Gasteiger partial charge is 0.391 e. The third-order valence-corrected chi connectivity index (χ3v) is 2.73. The van der Waals surface area contributed by atoms with Crippen molar-refractivity contribution < 1.29 is 9.90 Å². The van der Waals surface area contributed by atoms with Crippen molar-refractivity contribution in [3.63, 3.8) is 0 Å². The molecule has 13 heavy (non-hydrogen) atoms. The van der Waals surface area contributed by atoms with E-state index in [9.17, 15) is 9.90 Å². The highest BCUT2D eigenvalue weighted by Gasteiger charge is 2.26. The first-order chi connectivity index (χ1) is 6.11. The van der Waals surface area contributed by atoms with Gasteiger partial charge in [0.25, 0.3) is 0 Å².